The summed E-state index contributed by atoms with van der Waals surface area (Å²) in [6.45, 7) is 3.70. The zero-order chi connectivity index (χ0) is 13.7. The minimum Gasteiger partial charge on any atom is -0.496 e. The molecule has 0 amide bonds. The molecule has 0 aliphatic carbocycles. The van der Waals surface area contributed by atoms with Crippen molar-refractivity contribution in [2.45, 2.75) is 12.5 Å². The molecule has 0 radical (unpaired) electrons. The maximum absolute atomic E-state index is 13.5. The van der Waals surface area contributed by atoms with Crippen LogP contribution in [0.25, 0.3) is 0 Å². The molecule has 1 heterocycles. The van der Waals surface area contributed by atoms with Gasteiger partial charge < -0.3 is 15.2 Å². The van der Waals surface area contributed by atoms with Crippen molar-refractivity contribution in [3.8, 4) is 5.75 Å². The number of nitrogens with zero attached hydrogens (tertiary/aromatic N) is 1. The third kappa shape index (κ3) is 3.43. The van der Waals surface area contributed by atoms with Gasteiger partial charge in [-0.1, -0.05) is 0 Å². The van der Waals surface area contributed by atoms with E-state index >= 15 is 0 Å². The van der Waals surface area contributed by atoms with Crippen LogP contribution in [0.3, 0.4) is 0 Å². The van der Waals surface area contributed by atoms with Crippen molar-refractivity contribution in [2.24, 2.45) is 0 Å². The van der Waals surface area contributed by atoms with Crippen molar-refractivity contribution in [1.29, 1.82) is 0 Å². The zero-order valence-corrected chi connectivity index (χ0v) is 11.2. The summed E-state index contributed by atoms with van der Waals surface area (Å²) in [7, 11) is 1.59. The van der Waals surface area contributed by atoms with Gasteiger partial charge in [-0.25, -0.2) is 4.39 Å². The third-order valence-electron chi connectivity index (χ3n) is 3.55. The maximum atomic E-state index is 13.5. The van der Waals surface area contributed by atoms with Crippen molar-refractivity contribution in [2.75, 3.05) is 39.9 Å². The summed E-state index contributed by atoms with van der Waals surface area (Å²) in [6.07, 6.45) is 0.583. The highest BCUT2D eigenvalue weighted by atomic mass is 19.1. The molecule has 1 saturated heterocycles. The molecule has 1 aromatic rings. The number of benzene rings is 1. The first kappa shape index (κ1) is 14.2. The first-order valence-electron chi connectivity index (χ1n) is 6.65. The van der Waals surface area contributed by atoms with Gasteiger partial charge in [-0.05, 0) is 24.6 Å². The monoisotopic (exact) mass is 268 g/mol. The molecule has 5 heteroatoms. The van der Waals surface area contributed by atoms with Gasteiger partial charge in [0.15, 0.2) is 0 Å². The van der Waals surface area contributed by atoms with Crippen LogP contribution in [-0.4, -0.2) is 49.9 Å². The molecule has 0 saturated carbocycles. The first-order chi connectivity index (χ1) is 9.26. The fourth-order valence-electron chi connectivity index (χ4n) is 2.62. The van der Waals surface area contributed by atoms with E-state index in [1.165, 1.54) is 12.1 Å². The fourth-order valence-corrected chi connectivity index (χ4v) is 2.62. The van der Waals surface area contributed by atoms with E-state index in [1.807, 2.05) is 0 Å². The van der Waals surface area contributed by atoms with E-state index in [1.54, 1.807) is 13.2 Å². The molecular formula is C14H21FN2O2. The lowest BCUT2D eigenvalue weighted by molar-refractivity contribution is 0.138. The predicted molar refractivity (Wildman–Crippen MR) is 71.8 cm³/mol. The van der Waals surface area contributed by atoms with Crippen molar-refractivity contribution >= 4 is 0 Å². The average molecular weight is 268 g/mol. The van der Waals surface area contributed by atoms with E-state index < -0.39 is 0 Å². The van der Waals surface area contributed by atoms with Crippen LogP contribution in [0, 0.1) is 5.82 Å². The Morgan fingerprint density at radius 1 is 1.42 bits per heavy atom. The number of hydrogen-bond donors (Lipinski definition) is 2. The number of ether oxygens (including phenoxy) is 1. The fraction of sp³-hybridized carbons (Fsp3) is 0.571. The predicted octanol–water partition coefficient (Wildman–Crippen LogP) is 1.16. The van der Waals surface area contributed by atoms with Crippen LogP contribution in [0.2, 0.25) is 0 Å². The second kappa shape index (κ2) is 6.84. The van der Waals surface area contributed by atoms with E-state index in [2.05, 4.69) is 10.2 Å². The second-order valence-corrected chi connectivity index (χ2v) is 4.70. The smallest absolute Gasteiger partial charge is 0.123 e. The molecule has 0 spiro atoms. The zero-order valence-electron chi connectivity index (χ0n) is 11.2. The van der Waals surface area contributed by atoms with Crippen LogP contribution < -0.4 is 10.1 Å². The van der Waals surface area contributed by atoms with E-state index in [-0.39, 0.29) is 18.5 Å². The van der Waals surface area contributed by atoms with Gasteiger partial charge in [0.2, 0.25) is 0 Å². The summed E-state index contributed by atoms with van der Waals surface area (Å²) in [6, 6.07) is 4.56. The molecule has 2 rings (SSSR count). The van der Waals surface area contributed by atoms with Gasteiger partial charge in [0, 0.05) is 44.4 Å². The highest BCUT2D eigenvalue weighted by Crippen LogP contribution is 2.32. The first-order valence-corrected chi connectivity index (χ1v) is 6.65. The molecule has 0 bridgehead atoms. The quantitative estimate of drug-likeness (QED) is 0.841. The SMILES string of the molecule is COc1ccc(F)cc1[C@H](CCO)N1CCNCC1. The Labute approximate surface area is 113 Å². The van der Waals surface area contributed by atoms with Crippen LogP contribution in [-0.2, 0) is 0 Å². The van der Waals surface area contributed by atoms with Crippen LogP contribution >= 0.6 is 0 Å². The Hall–Kier alpha value is -1.17. The molecule has 1 aliphatic rings. The van der Waals surface area contributed by atoms with Crippen molar-refractivity contribution in [3.63, 3.8) is 0 Å². The highest BCUT2D eigenvalue weighted by molar-refractivity contribution is 5.36. The number of aliphatic hydroxyl groups excluding tert-OH is 1. The lowest BCUT2D eigenvalue weighted by Gasteiger charge is -2.35. The summed E-state index contributed by atoms with van der Waals surface area (Å²) in [5.74, 6) is 0.409. The topological polar surface area (TPSA) is 44.7 Å². The molecule has 0 unspecified atom stereocenters. The van der Waals surface area contributed by atoms with E-state index in [0.717, 1.165) is 31.7 Å². The third-order valence-corrected chi connectivity index (χ3v) is 3.55. The van der Waals surface area contributed by atoms with E-state index in [9.17, 15) is 9.50 Å². The Kier molecular flexibility index (Phi) is 5.13. The Bertz CT molecular complexity index is 408. The van der Waals surface area contributed by atoms with Crippen LogP contribution in [0.1, 0.15) is 18.0 Å². The van der Waals surface area contributed by atoms with E-state index in [0.29, 0.717) is 12.2 Å². The van der Waals surface area contributed by atoms with Gasteiger partial charge in [-0.15, -0.1) is 0 Å². The Morgan fingerprint density at radius 2 is 2.16 bits per heavy atom. The molecule has 0 aromatic heterocycles. The number of hydrogen-bond acceptors (Lipinski definition) is 4. The van der Waals surface area contributed by atoms with Crippen LogP contribution in [0.15, 0.2) is 18.2 Å². The largest absolute Gasteiger partial charge is 0.496 e. The maximum Gasteiger partial charge on any atom is 0.123 e. The molecule has 1 atom stereocenters. The summed E-state index contributed by atoms with van der Waals surface area (Å²) >= 11 is 0. The van der Waals surface area contributed by atoms with Crippen molar-refractivity contribution in [1.82, 2.24) is 10.2 Å². The number of aliphatic hydroxyl groups is 1. The molecule has 106 valence electrons. The molecule has 4 nitrogen and oxygen atoms in total. The molecule has 1 fully saturated rings. The summed E-state index contributed by atoms with van der Waals surface area (Å²) in [5.41, 5.74) is 0.818. The van der Waals surface area contributed by atoms with Crippen molar-refractivity contribution in [3.05, 3.63) is 29.6 Å². The standard InChI is InChI=1S/C14H21FN2O2/c1-19-14-3-2-11(15)10-12(14)13(4-9-18)17-7-5-16-6-8-17/h2-3,10,13,16,18H,4-9H2,1H3/t13-/m0/s1. The minimum absolute atomic E-state index is 0.00208. The average Bonchev–Trinajstić information content (AvgIpc) is 2.45. The molecule has 1 aromatic carbocycles. The summed E-state index contributed by atoms with van der Waals surface area (Å²) < 4.78 is 18.8. The van der Waals surface area contributed by atoms with Gasteiger partial charge in [-0.2, -0.15) is 0 Å². The van der Waals surface area contributed by atoms with Gasteiger partial charge in [0.1, 0.15) is 11.6 Å². The van der Waals surface area contributed by atoms with Gasteiger partial charge in [0.25, 0.3) is 0 Å². The number of rotatable bonds is 5. The normalized spacial score (nSPS) is 18.3. The van der Waals surface area contributed by atoms with Crippen LogP contribution in [0.5, 0.6) is 5.75 Å². The summed E-state index contributed by atoms with van der Waals surface area (Å²) in [4.78, 5) is 2.27. The molecular weight excluding hydrogens is 247 g/mol. The Balaban J connectivity index is 2.28. The Morgan fingerprint density at radius 3 is 2.79 bits per heavy atom. The summed E-state index contributed by atoms with van der Waals surface area (Å²) in [5, 5.41) is 12.6. The number of nitrogens with one attached hydrogen (secondary N) is 1. The second-order valence-electron chi connectivity index (χ2n) is 4.70. The lowest BCUT2D eigenvalue weighted by atomic mass is 10.00. The van der Waals surface area contributed by atoms with Crippen LogP contribution in [0.4, 0.5) is 4.39 Å². The highest BCUT2D eigenvalue weighted by Gasteiger charge is 2.24. The lowest BCUT2D eigenvalue weighted by Crippen LogP contribution is -2.45. The van der Waals surface area contributed by atoms with Gasteiger partial charge in [0.05, 0.1) is 7.11 Å². The molecule has 1 aliphatic heterocycles. The minimum atomic E-state index is -0.270. The number of piperazine rings is 1. The van der Waals surface area contributed by atoms with Gasteiger partial charge in [-0.3, -0.25) is 4.90 Å². The van der Waals surface area contributed by atoms with Gasteiger partial charge >= 0.3 is 0 Å². The number of halogens is 1. The molecule has 2 N–H and O–H groups in total. The molecule has 19 heavy (non-hydrogen) atoms. The van der Waals surface area contributed by atoms with Crippen molar-refractivity contribution < 1.29 is 14.2 Å². The number of methoxy groups -OCH3 is 1. The van der Waals surface area contributed by atoms with E-state index in [4.69, 9.17) is 4.74 Å².